The van der Waals surface area contributed by atoms with Crippen LogP contribution in [0.1, 0.15) is 36.8 Å². The molecule has 0 aliphatic heterocycles. The molecule has 1 atom stereocenters. The topological polar surface area (TPSA) is 143 Å². The Balaban J connectivity index is 1.82. The fourth-order valence-electron chi connectivity index (χ4n) is 3.18. The summed E-state index contributed by atoms with van der Waals surface area (Å²) in [5, 5.41) is 4.66. The van der Waals surface area contributed by atoms with E-state index in [4.69, 9.17) is 18.9 Å². The van der Waals surface area contributed by atoms with E-state index < -0.39 is 21.7 Å². The number of pyridine rings is 1. The summed E-state index contributed by atoms with van der Waals surface area (Å²) in [5.41, 5.74) is 0.662. The van der Waals surface area contributed by atoms with Crippen molar-refractivity contribution in [3.63, 3.8) is 0 Å². The average molecular weight is 564 g/mol. The normalized spacial score (nSPS) is 12.0. The van der Waals surface area contributed by atoms with Gasteiger partial charge in [0.2, 0.25) is 11.8 Å². The van der Waals surface area contributed by atoms with Crippen LogP contribution in [0.3, 0.4) is 0 Å². The Kier molecular flexibility index (Phi) is 10.2. The van der Waals surface area contributed by atoms with Gasteiger partial charge in [-0.2, -0.15) is 4.98 Å². The number of thiazole rings is 1. The predicted molar refractivity (Wildman–Crippen MR) is 141 cm³/mol. The molecule has 0 fully saturated rings. The van der Waals surface area contributed by atoms with E-state index in [-0.39, 0.29) is 47.1 Å². The van der Waals surface area contributed by atoms with Crippen LogP contribution >= 0.6 is 11.3 Å². The number of nitrogens with zero attached hydrogens (tertiary/aromatic N) is 2. The van der Waals surface area contributed by atoms with E-state index in [9.17, 15) is 18.0 Å². The summed E-state index contributed by atoms with van der Waals surface area (Å²) < 4.78 is 45.8. The van der Waals surface area contributed by atoms with Gasteiger partial charge in [-0.25, -0.2) is 13.4 Å². The highest BCUT2D eigenvalue weighted by molar-refractivity contribution is 7.91. The molecule has 0 saturated carbocycles. The minimum Gasteiger partial charge on any atom is -0.472 e. The number of anilines is 1. The summed E-state index contributed by atoms with van der Waals surface area (Å²) in [5.74, 6) is -0.406. The first-order valence-electron chi connectivity index (χ1n) is 11.7. The molecule has 1 aromatic carbocycles. The quantitative estimate of drug-likeness (QED) is 0.304. The molecule has 2 heterocycles. The van der Waals surface area contributed by atoms with Gasteiger partial charge in [0.25, 0.3) is 5.91 Å². The Morgan fingerprint density at radius 3 is 2.45 bits per heavy atom. The highest BCUT2D eigenvalue weighted by atomic mass is 32.2. The second-order valence-corrected chi connectivity index (χ2v) is 11.1. The Morgan fingerprint density at radius 1 is 1.08 bits per heavy atom. The molecule has 3 rings (SSSR count). The first-order chi connectivity index (χ1) is 18.1. The number of benzene rings is 1. The molecule has 0 unspecified atom stereocenters. The number of sulfone groups is 1. The second-order valence-electron chi connectivity index (χ2n) is 7.97. The minimum absolute atomic E-state index is 0.00117. The Morgan fingerprint density at radius 2 is 1.79 bits per heavy atom. The zero-order valence-electron chi connectivity index (χ0n) is 21.4. The highest BCUT2D eigenvalue weighted by Gasteiger charge is 2.17. The summed E-state index contributed by atoms with van der Waals surface area (Å²) in [6.07, 6.45) is -0.358. The van der Waals surface area contributed by atoms with E-state index in [1.807, 2.05) is 0 Å². The number of nitrogens with one attached hydrogen (secondary N) is 1. The first kappa shape index (κ1) is 29.0. The van der Waals surface area contributed by atoms with Crippen LogP contribution in [0, 0.1) is 0 Å². The van der Waals surface area contributed by atoms with Crippen LogP contribution in [0.25, 0.3) is 0 Å². The Bertz CT molecular complexity index is 1360. The Labute approximate surface area is 225 Å². The molecule has 0 bridgehead atoms. The van der Waals surface area contributed by atoms with Crippen molar-refractivity contribution in [3.8, 4) is 17.5 Å². The van der Waals surface area contributed by atoms with Gasteiger partial charge in [0, 0.05) is 24.6 Å². The fraction of sp³-hybridized carbons (Fsp3) is 0.360. The lowest BCUT2D eigenvalue weighted by molar-refractivity contribution is -0.142. The van der Waals surface area contributed by atoms with E-state index >= 15 is 0 Å². The monoisotopic (exact) mass is 563 g/mol. The van der Waals surface area contributed by atoms with Crippen LogP contribution in [0.2, 0.25) is 0 Å². The van der Waals surface area contributed by atoms with Crippen molar-refractivity contribution in [1.82, 2.24) is 9.97 Å². The molecule has 3 aromatic rings. The number of amides is 1. The van der Waals surface area contributed by atoms with Gasteiger partial charge in [0.1, 0.15) is 11.9 Å². The molecular weight excluding hydrogens is 534 g/mol. The number of carbonyl (C=O) groups is 2. The standard InChI is InChI=1S/C25H29N3O8S2/c1-5-34-23(29)13-18-15-37-25(26-18)28-24(30)17-11-21(35-16(3)14-33-4)27-22(12-17)36-19-7-9-20(10-8-19)38(31,32)6-2/h7-12,15-16H,5-6,13-14H2,1-4H3,(H,26,28,30)/t16-/m1/s1. The molecule has 0 radical (unpaired) electrons. The third-order valence-corrected chi connectivity index (χ3v) is 7.51. The van der Waals surface area contributed by atoms with Crippen molar-refractivity contribution in [3.05, 3.63) is 53.0 Å². The fourth-order valence-corrected chi connectivity index (χ4v) is 4.77. The van der Waals surface area contributed by atoms with Gasteiger partial charge in [0.15, 0.2) is 15.0 Å². The van der Waals surface area contributed by atoms with E-state index in [0.29, 0.717) is 23.2 Å². The van der Waals surface area contributed by atoms with Crippen molar-refractivity contribution >= 4 is 38.2 Å². The second kappa shape index (κ2) is 13.3. The number of carbonyl (C=O) groups excluding carboxylic acids is 2. The molecule has 2 aromatic heterocycles. The lowest BCUT2D eigenvalue weighted by Gasteiger charge is -2.15. The van der Waals surface area contributed by atoms with Crippen molar-refractivity contribution < 1.29 is 37.0 Å². The van der Waals surface area contributed by atoms with Crippen molar-refractivity contribution in [1.29, 1.82) is 0 Å². The number of rotatable bonds is 13. The van der Waals surface area contributed by atoms with Gasteiger partial charge in [-0.3, -0.25) is 14.9 Å². The molecule has 0 saturated heterocycles. The highest BCUT2D eigenvalue weighted by Crippen LogP contribution is 2.27. The lowest BCUT2D eigenvalue weighted by atomic mass is 10.2. The van der Waals surface area contributed by atoms with Crippen molar-refractivity contribution in [2.75, 3.05) is 31.4 Å². The van der Waals surface area contributed by atoms with E-state index in [1.54, 1.807) is 33.3 Å². The predicted octanol–water partition coefficient (Wildman–Crippen LogP) is 3.90. The number of esters is 1. The van der Waals surface area contributed by atoms with Crippen LogP contribution in [-0.2, 0) is 30.5 Å². The maximum absolute atomic E-state index is 13.0. The maximum atomic E-state index is 13.0. The van der Waals surface area contributed by atoms with E-state index in [0.717, 1.165) is 0 Å². The van der Waals surface area contributed by atoms with Gasteiger partial charge in [-0.05, 0) is 38.1 Å². The number of methoxy groups -OCH3 is 1. The average Bonchev–Trinajstić information content (AvgIpc) is 3.30. The third-order valence-electron chi connectivity index (χ3n) is 4.95. The SMILES string of the molecule is CCOC(=O)Cc1csc(NC(=O)c2cc(Oc3ccc(S(=O)(=O)CC)cc3)nc(O[C@H](C)COC)c2)n1. The Hall–Kier alpha value is -3.55. The summed E-state index contributed by atoms with van der Waals surface area (Å²) in [6.45, 7) is 5.64. The number of hydrogen-bond donors (Lipinski definition) is 1. The van der Waals surface area contributed by atoms with Crippen molar-refractivity contribution in [2.24, 2.45) is 0 Å². The maximum Gasteiger partial charge on any atom is 0.311 e. The van der Waals surface area contributed by atoms with E-state index in [2.05, 4.69) is 15.3 Å². The molecule has 1 N–H and O–H groups in total. The van der Waals surface area contributed by atoms with Crippen LogP contribution in [0.5, 0.6) is 17.5 Å². The number of aromatic nitrogens is 2. The van der Waals surface area contributed by atoms with Crippen LogP contribution < -0.4 is 14.8 Å². The molecule has 13 heteroatoms. The van der Waals surface area contributed by atoms with E-state index in [1.165, 1.54) is 47.7 Å². The molecule has 0 aliphatic rings. The molecule has 0 aliphatic carbocycles. The molecule has 0 spiro atoms. The number of hydrogen-bond acceptors (Lipinski definition) is 11. The van der Waals surface area contributed by atoms with Gasteiger partial charge >= 0.3 is 5.97 Å². The smallest absolute Gasteiger partial charge is 0.311 e. The molecule has 11 nitrogen and oxygen atoms in total. The molecule has 204 valence electrons. The molecular formula is C25H29N3O8S2. The minimum atomic E-state index is -3.36. The molecule has 38 heavy (non-hydrogen) atoms. The van der Waals surface area contributed by atoms with Crippen LogP contribution in [-0.4, -0.2) is 62.4 Å². The summed E-state index contributed by atoms with van der Waals surface area (Å²) in [4.78, 5) is 33.5. The third kappa shape index (κ3) is 8.23. The van der Waals surface area contributed by atoms with Gasteiger partial charge < -0.3 is 18.9 Å². The van der Waals surface area contributed by atoms with Gasteiger partial charge in [-0.15, -0.1) is 11.3 Å². The summed E-state index contributed by atoms with van der Waals surface area (Å²) in [7, 11) is -1.82. The van der Waals surface area contributed by atoms with Crippen LogP contribution in [0.4, 0.5) is 5.13 Å². The first-order valence-corrected chi connectivity index (χ1v) is 14.3. The summed E-state index contributed by atoms with van der Waals surface area (Å²) in [6, 6.07) is 8.78. The lowest BCUT2D eigenvalue weighted by Crippen LogP contribution is -2.19. The zero-order chi connectivity index (χ0) is 27.7. The van der Waals surface area contributed by atoms with Crippen molar-refractivity contribution in [2.45, 2.75) is 38.2 Å². The zero-order valence-corrected chi connectivity index (χ0v) is 23.1. The number of ether oxygens (including phenoxy) is 4. The largest absolute Gasteiger partial charge is 0.472 e. The van der Waals surface area contributed by atoms with Crippen LogP contribution in [0.15, 0.2) is 46.7 Å². The van der Waals surface area contributed by atoms with Gasteiger partial charge in [-0.1, -0.05) is 6.92 Å². The summed E-state index contributed by atoms with van der Waals surface area (Å²) >= 11 is 1.17. The molecule has 1 amide bonds. The van der Waals surface area contributed by atoms with Gasteiger partial charge in [0.05, 0.1) is 41.5 Å².